The molecule has 10 heteroatoms. The van der Waals surface area contributed by atoms with Gasteiger partial charge in [-0.1, -0.05) is 47.7 Å². The number of aromatic hydroxyl groups is 1. The molecular formula is C23H19N3O6S. The predicted molar refractivity (Wildman–Crippen MR) is 122 cm³/mol. The van der Waals surface area contributed by atoms with Gasteiger partial charge in [0.15, 0.2) is 10.6 Å². The van der Waals surface area contributed by atoms with E-state index in [0.717, 1.165) is 16.9 Å². The minimum absolute atomic E-state index is 0.182. The Labute approximate surface area is 191 Å². The van der Waals surface area contributed by atoms with Gasteiger partial charge in [-0.15, -0.1) is 0 Å². The number of rotatable bonds is 5. The third kappa shape index (κ3) is 4.08. The number of esters is 1. The molecule has 33 heavy (non-hydrogen) atoms. The summed E-state index contributed by atoms with van der Waals surface area (Å²) in [6.45, 7) is 3.58. The van der Waals surface area contributed by atoms with Crippen molar-refractivity contribution in [3.05, 3.63) is 101 Å². The third-order valence-electron chi connectivity index (χ3n) is 5.13. The summed E-state index contributed by atoms with van der Waals surface area (Å²) >= 11 is 1.11. The van der Waals surface area contributed by atoms with Crippen LogP contribution in [0.25, 0.3) is 6.08 Å². The number of ether oxygens (including phenoxy) is 1. The van der Waals surface area contributed by atoms with Gasteiger partial charge in [0.2, 0.25) is 0 Å². The Hall–Kier alpha value is -4.05. The van der Waals surface area contributed by atoms with Crippen LogP contribution in [0, 0.1) is 10.1 Å². The molecule has 3 aromatic rings. The second-order valence-corrected chi connectivity index (χ2v) is 8.23. The minimum atomic E-state index is -0.724. The number of fused-ring (bicyclic) bond motifs is 1. The SMILES string of the molecule is CCOC(=O)C1=C(C)N=c2s/c(=C\c3ccc(O)c([N+](=O)[O-])c3)c(=O)n2[C@H]1c1ccccc1. The van der Waals surface area contributed by atoms with Crippen LogP contribution in [0.4, 0.5) is 5.69 Å². The highest BCUT2D eigenvalue weighted by Crippen LogP contribution is 2.30. The highest BCUT2D eigenvalue weighted by atomic mass is 32.1. The number of nitrogens with zero attached hydrogens (tertiary/aromatic N) is 3. The Morgan fingerprint density at radius 1 is 1.30 bits per heavy atom. The van der Waals surface area contributed by atoms with Gasteiger partial charge in [-0.05, 0) is 37.1 Å². The average molecular weight is 465 g/mol. The summed E-state index contributed by atoms with van der Waals surface area (Å²) in [4.78, 5) is 41.6. The molecular weight excluding hydrogens is 446 g/mol. The average Bonchev–Trinajstić information content (AvgIpc) is 3.09. The Bertz CT molecular complexity index is 1470. The van der Waals surface area contributed by atoms with Crippen LogP contribution in [-0.2, 0) is 9.53 Å². The van der Waals surface area contributed by atoms with Crippen molar-refractivity contribution in [3.63, 3.8) is 0 Å². The fraction of sp³-hybridized carbons (Fsp3) is 0.174. The van der Waals surface area contributed by atoms with Gasteiger partial charge in [0.1, 0.15) is 0 Å². The normalized spacial score (nSPS) is 15.7. The highest BCUT2D eigenvalue weighted by molar-refractivity contribution is 7.07. The maximum atomic E-state index is 13.4. The van der Waals surface area contributed by atoms with Crippen molar-refractivity contribution < 1.29 is 19.6 Å². The molecule has 0 spiro atoms. The molecule has 0 aliphatic carbocycles. The van der Waals surface area contributed by atoms with Crippen LogP contribution in [0.2, 0.25) is 0 Å². The largest absolute Gasteiger partial charge is 0.502 e. The molecule has 9 nitrogen and oxygen atoms in total. The lowest BCUT2D eigenvalue weighted by Gasteiger charge is -2.24. The van der Waals surface area contributed by atoms with Crippen LogP contribution < -0.4 is 14.9 Å². The summed E-state index contributed by atoms with van der Waals surface area (Å²) in [5.74, 6) is -1.01. The summed E-state index contributed by atoms with van der Waals surface area (Å²) in [5.41, 5.74) is 0.986. The van der Waals surface area contributed by atoms with Crippen LogP contribution in [0.3, 0.4) is 0 Å². The molecule has 0 radical (unpaired) electrons. The van der Waals surface area contributed by atoms with E-state index in [-0.39, 0.29) is 16.7 Å². The van der Waals surface area contributed by atoms with E-state index in [1.54, 1.807) is 13.8 Å². The molecule has 0 saturated carbocycles. The number of hydrogen-bond acceptors (Lipinski definition) is 8. The first-order valence-electron chi connectivity index (χ1n) is 10.0. The Morgan fingerprint density at radius 3 is 2.70 bits per heavy atom. The van der Waals surface area contributed by atoms with Crippen LogP contribution in [-0.4, -0.2) is 27.2 Å². The number of benzene rings is 2. The molecule has 1 aliphatic rings. The molecule has 0 saturated heterocycles. The van der Waals surface area contributed by atoms with Crippen LogP contribution in [0.15, 0.2) is 69.6 Å². The zero-order valence-corrected chi connectivity index (χ0v) is 18.5. The molecule has 1 atom stereocenters. The molecule has 0 bridgehead atoms. The topological polar surface area (TPSA) is 124 Å². The van der Waals surface area contributed by atoms with Gasteiger partial charge in [-0.2, -0.15) is 0 Å². The molecule has 0 fully saturated rings. The minimum Gasteiger partial charge on any atom is -0.502 e. The maximum absolute atomic E-state index is 13.4. The number of carbonyl (C=O) groups excluding carboxylic acids is 1. The molecule has 1 aliphatic heterocycles. The number of carbonyl (C=O) groups is 1. The van der Waals surface area contributed by atoms with Crippen LogP contribution in [0.1, 0.15) is 31.0 Å². The van der Waals surface area contributed by atoms with Gasteiger partial charge in [0.25, 0.3) is 5.56 Å². The van der Waals surface area contributed by atoms with Crippen molar-refractivity contribution in [1.82, 2.24) is 4.57 Å². The molecule has 0 amide bonds. The number of nitro benzene ring substituents is 1. The third-order valence-corrected chi connectivity index (χ3v) is 6.11. The standard InChI is InChI=1S/C23H19N3O6S/c1-3-32-22(29)19-13(2)24-23-25(20(19)15-7-5-4-6-8-15)21(28)18(33-23)12-14-9-10-17(27)16(11-14)26(30)31/h4-12,20,27H,3H2,1-2H3/b18-12-/t20-/m0/s1. The molecule has 2 heterocycles. The van der Waals surface area contributed by atoms with Gasteiger partial charge in [0, 0.05) is 6.07 Å². The van der Waals surface area contributed by atoms with Crippen molar-refractivity contribution >= 4 is 29.1 Å². The molecule has 0 unspecified atom stereocenters. The molecule has 168 valence electrons. The van der Waals surface area contributed by atoms with E-state index in [4.69, 9.17) is 4.74 Å². The number of aromatic nitrogens is 1. The van der Waals surface area contributed by atoms with Crippen molar-refractivity contribution in [3.8, 4) is 5.75 Å². The molecule has 2 aromatic carbocycles. The zero-order chi connectivity index (χ0) is 23.7. The van der Waals surface area contributed by atoms with E-state index in [2.05, 4.69) is 4.99 Å². The van der Waals surface area contributed by atoms with Gasteiger partial charge >= 0.3 is 11.7 Å². The van der Waals surface area contributed by atoms with E-state index in [1.807, 2.05) is 30.3 Å². The lowest BCUT2D eigenvalue weighted by molar-refractivity contribution is -0.385. The van der Waals surface area contributed by atoms with Gasteiger partial charge in [-0.3, -0.25) is 19.5 Å². The monoisotopic (exact) mass is 465 g/mol. The van der Waals surface area contributed by atoms with Crippen molar-refractivity contribution in [2.45, 2.75) is 19.9 Å². The summed E-state index contributed by atoms with van der Waals surface area (Å²) < 4.78 is 6.97. The van der Waals surface area contributed by atoms with E-state index in [1.165, 1.54) is 28.8 Å². The summed E-state index contributed by atoms with van der Waals surface area (Å²) in [5, 5.41) is 20.8. The van der Waals surface area contributed by atoms with Gasteiger partial charge in [0.05, 0.1) is 33.4 Å². The van der Waals surface area contributed by atoms with Crippen molar-refractivity contribution in [2.24, 2.45) is 4.99 Å². The van der Waals surface area contributed by atoms with Crippen LogP contribution in [0.5, 0.6) is 5.75 Å². The number of nitro groups is 1. The number of thiazole rings is 1. The van der Waals surface area contributed by atoms with E-state index < -0.39 is 33.9 Å². The highest BCUT2D eigenvalue weighted by Gasteiger charge is 2.33. The van der Waals surface area contributed by atoms with Crippen molar-refractivity contribution in [1.29, 1.82) is 0 Å². The lowest BCUT2D eigenvalue weighted by Crippen LogP contribution is -2.39. The first-order valence-corrected chi connectivity index (χ1v) is 10.9. The van der Waals surface area contributed by atoms with Crippen molar-refractivity contribution in [2.75, 3.05) is 6.61 Å². The van der Waals surface area contributed by atoms with E-state index in [0.29, 0.717) is 16.1 Å². The fourth-order valence-electron chi connectivity index (χ4n) is 3.67. The Kier molecular flexibility index (Phi) is 5.93. The maximum Gasteiger partial charge on any atom is 0.338 e. The number of phenols is 1. The molecule has 1 N–H and O–H groups in total. The van der Waals surface area contributed by atoms with Gasteiger partial charge < -0.3 is 9.84 Å². The fourth-order valence-corrected chi connectivity index (χ4v) is 4.72. The van der Waals surface area contributed by atoms with Gasteiger partial charge in [-0.25, -0.2) is 9.79 Å². The number of allylic oxidation sites excluding steroid dienone is 1. The number of phenolic OH excluding ortho intramolecular Hbond substituents is 1. The van der Waals surface area contributed by atoms with Crippen LogP contribution >= 0.6 is 11.3 Å². The summed E-state index contributed by atoms with van der Waals surface area (Å²) in [6, 6.07) is 12.3. The van der Waals surface area contributed by atoms with E-state index in [9.17, 15) is 24.8 Å². The molecule has 1 aromatic heterocycles. The molecule has 4 rings (SSSR count). The smallest absolute Gasteiger partial charge is 0.338 e. The Morgan fingerprint density at radius 2 is 2.03 bits per heavy atom. The summed E-state index contributed by atoms with van der Waals surface area (Å²) in [6.07, 6.45) is 1.50. The lowest BCUT2D eigenvalue weighted by atomic mass is 9.96. The second-order valence-electron chi connectivity index (χ2n) is 7.22. The van der Waals surface area contributed by atoms with E-state index >= 15 is 0 Å². The Balaban J connectivity index is 1.94. The number of hydrogen-bond donors (Lipinski definition) is 1. The summed E-state index contributed by atoms with van der Waals surface area (Å²) in [7, 11) is 0. The zero-order valence-electron chi connectivity index (χ0n) is 17.7. The second kappa shape index (κ2) is 8.83. The first kappa shape index (κ1) is 22.2. The first-order chi connectivity index (χ1) is 15.8. The quantitative estimate of drug-likeness (QED) is 0.351. The predicted octanol–water partition coefficient (Wildman–Crippen LogP) is 2.41.